The van der Waals surface area contributed by atoms with Gasteiger partial charge in [0.25, 0.3) is 0 Å². The Bertz CT molecular complexity index is 1350. The van der Waals surface area contributed by atoms with Crippen molar-refractivity contribution in [1.29, 1.82) is 5.26 Å². The van der Waals surface area contributed by atoms with Crippen molar-refractivity contribution in [2.24, 2.45) is 11.1 Å². The van der Waals surface area contributed by atoms with E-state index in [-0.39, 0.29) is 34.3 Å². The van der Waals surface area contributed by atoms with Gasteiger partial charge in [-0.2, -0.15) is 5.26 Å². The summed E-state index contributed by atoms with van der Waals surface area (Å²) in [7, 11) is 0. The molecule has 2 N–H and O–H groups in total. The first kappa shape index (κ1) is 26.5. The number of benzene rings is 1. The van der Waals surface area contributed by atoms with Crippen LogP contribution in [0.15, 0.2) is 45.2 Å². The number of nitrogens with two attached hydrogens (primary N) is 1. The summed E-state index contributed by atoms with van der Waals surface area (Å²) in [6.45, 7) is 6.07. The largest absolute Gasteiger partial charge is 0.465 e. The summed E-state index contributed by atoms with van der Waals surface area (Å²) in [6.07, 6.45) is 0.864. The van der Waals surface area contributed by atoms with Crippen LogP contribution in [0, 0.1) is 16.7 Å². The van der Waals surface area contributed by atoms with E-state index in [4.69, 9.17) is 33.7 Å². The van der Waals surface area contributed by atoms with Crippen molar-refractivity contribution in [3.05, 3.63) is 56.5 Å². The summed E-state index contributed by atoms with van der Waals surface area (Å²) in [5.41, 5.74) is 8.34. The predicted octanol–water partition coefficient (Wildman–Crippen LogP) is 5.44. The van der Waals surface area contributed by atoms with E-state index in [1.54, 1.807) is 30.0 Å². The minimum Gasteiger partial charge on any atom is -0.465 e. The number of hydrogen-bond acceptors (Lipinski definition) is 10. The van der Waals surface area contributed by atoms with Gasteiger partial charge in [-0.3, -0.25) is 14.5 Å². The van der Waals surface area contributed by atoms with Gasteiger partial charge in [0, 0.05) is 17.7 Å². The van der Waals surface area contributed by atoms with Crippen LogP contribution >= 0.6 is 46.3 Å². The zero-order valence-electron chi connectivity index (χ0n) is 19.8. The van der Waals surface area contributed by atoms with Gasteiger partial charge in [-0.15, -0.1) is 10.2 Å². The van der Waals surface area contributed by atoms with E-state index < -0.39 is 5.92 Å². The SMILES string of the molecule is CCOC(=O)CSc1nnc(N2C(N)=C(C#N)C(c3ccc(Cl)c(Cl)c3)C3=C2CC(C)(C)CC3=O)s1. The van der Waals surface area contributed by atoms with E-state index in [2.05, 4.69) is 16.3 Å². The summed E-state index contributed by atoms with van der Waals surface area (Å²) in [5.74, 6) is -0.821. The Balaban J connectivity index is 1.82. The fourth-order valence-corrected chi connectivity index (χ4v) is 6.41. The lowest BCUT2D eigenvalue weighted by molar-refractivity contribution is -0.139. The van der Waals surface area contributed by atoms with Gasteiger partial charge in [0.15, 0.2) is 10.1 Å². The van der Waals surface area contributed by atoms with Crippen molar-refractivity contribution in [1.82, 2.24) is 10.2 Å². The average molecular weight is 565 g/mol. The Morgan fingerprint density at radius 2 is 2.08 bits per heavy atom. The minimum atomic E-state index is -0.676. The van der Waals surface area contributed by atoms with Crippen molar-refractivity contribution < 1.29 is 14.3 Å². The van der Waals surface area contributed by atoms with Crippen LogP contribution in [0.3, 0.4) is 0 Å². The van der Waals surface area contributed by atoms with E-state index in [0.717, 1.165) is 0 Å². The fraction of sp³-hybridized carbons (Fsp3) is 0.375. The molecule has 0 bridgehead atoms. The zero-order valence-corrected chi connectivity index (χ0v) is 22.9. The monoisotopic (exact) mass is 563 g/mol. The van der Waals surface area contributed by atoms with Crippen LogP contribution in [0.1, 0.15) is 45.1 Å². The molecule has 1 aromatic carbocycles. The molecular weight excluding hydrogens is 541 g/mol. The number of allylic oxidation sites excluding steroid dienone is 3. The number of nitriles is 1. The number of ketones is 1. The van der Waals surface area contributed by atoms with Crippen molar-refractivity contribution in [3.63, 3.8) is 0 Å². The minimum absolute atomic E-state index is 0.0657. The topological polar surface area (TPSA) is 122 Å². The number of halogens is 2. The van der Waals surface area contributed by atoms with Gasteiger partial charge in [-0.25, -0.2) is 0 Å². The Morgan fingerprint density at radius 1 is 1.33 bits per heavy atom. The number of Topliss-reactive ketones (excluding diaryl/α,β-unsaturated/α-hetero) is 1. The summed E-state index contributed by atoms with van der Waals surface area (Å²) in [4.78, 5) is 27.0. The highest BCUT2D eigenvalue weighted by Crippen LogP contribution is 2.51. The van der Waals surface area contributed by atoms with Gasteiger partial charge in [0.2, 0.25) is 5.13 Å². The number of carbonyl (C=O) groups is 2. The molecule has 0 radical (unpaired) electrons. The highest BCUT2D eigenvalue weighted by Gasteiger charge is 2.45. The molecule has 2 heterocycles. The zero-order chi connectivity index (χ0) is 26.2. The van der Waals surface area contributed by atoms with Crippen LogP contribution in [0.2, 0.25) is 10.0 Å². The molecule has 1 unspecified atom stereocenters. The molecule has 4 rings (SSSR count). The molecule has 0 saturated heterocycles. The maximum absolute atomic E-state index is 13.6. The fourth-order valence-electron chi connectivity index (χ4n) is 4.43. The Kier molecular flexibility index (Phi) is 7.67. The van der Waals surface area contributed by atoms with Gasteiger partial charge >= 0.3 is 5.97 Å². The van der Waals surface area contributed by atoms with Gasteiger partial charge in [-0.05, 0) is 36.5 Å². The molecule has 0 saturated carbocycles. The molecule has 2 aromatic rings. The van der Waals surface area contributed by atoms with Crippen molar-refractivity contribution in [2.45, 2.75) is 43.9 Å². The van der Waals surface area contributed by atoms with E-state index in [1.807, 2.05) is 13.8 Å². The summed E-state index contributed by atoms with van der Waals surface area (Å²) in [6, 6.07) is 7.28. The van der Waals surface area contributed by atoms with Crippen molar-refractivity contribution in [3.8, 4) is 6.07 Å². The second kappa shape index (κ2) is 10.4. The molecule has 0 amide bonds. The molecule has 1 aromatic heterocycles. The van der Waals surface area contributed by atoms with E-state index in [9.17, 15) is 14.9 Å². The molecule has 0 spiro atoms. The van der Waals surface area contributed by atoms with Gasteiger partial charge < -0.3 is 10.5 Å². The Hall–Kier alpha value is -2.58. The number of thioether (sulfide) groups is 1. The number of ether oxygens (including phenoxy) is 1. The first-order valence-corrected chi connectivity index (χ1v) is 13.6. The van der Waals surface area contributed by atoms with Crippen molar-refractivity contribution >= 4 is 63.2 Å². The molecule has 188 valence electrons. The van der Waals surface area contributed by atoms with E-state index >= 15 is 0 Å². The van der Waals surface area contributed by atoms with E-state index in [1.165, 1.54) is 23.1 Å². The lowest BCUT2D eigenvalue weighted by Crippen LogP contribution is -2.42. The molecule has 8 nitrogen and oxygen atoms in total. The highest BCUT2D eigenvalue weighted by molar-refractivity contribution is 8.01. The molecule has 2 aliphatic rings. The van der Waals surface area contributed by atoms with Crippen molar-refractivity contribution in [2.75, 3.05) is 17.3 Å². The third-order valence-electron chi connectivity index (χ3n) is 5.86. The van der Waals surface area contributed by atoms with Crippen LogP contribution in [0.25, 0.3) is 0 Å². The van der Waals surface area contributed by atoms with Gasteiger partial charge in [0.1, 0.15) is 5.82 Å². The third kappa shape index (κ3) is 5.11. The van der Waals surface area contributed by atoms with Crippen LogP contribution < -0.4 is 10.6 Å². The second-order valence-corrected chi connectivity index (χ2v) is 12.1. The standard InChI is InChI=1S/C24H23Cl2N5O3S2/c1-4-34-18(33)11-35-23-30-29-22(36-23)31-16-8-24(2,3)9-17(32)20(16)19(13(10-27)21(31)28)12-5-6-14(25)15(26)7-12/h5-7,19H,4,8-9,11,28H2,1-3H3. The number of nitrogens with zero attached hydrogens (tertiary/aromatic N) is 4. The number of rotatable bonds is 6. The van der Waals surface area contributed by atoms with Crippen LogP contribution in [-0.4, -0.2) is 34.3 Å². The first-order chi connectivity index (χ1) is 17.1. The third-order valence-corrected chi connectivity index (χ3v) is 8.62. The second-order valence-electron chi connectivity index (χ2n) is 9.10. The quantitative estimate of drug-likeness (QED) is 0.361. The molecule has 36 heavy (non-hydrogen) atoms. The first-order valence-electron chi connectivity index (χ1n) is 11.1. The summed E-state index contributed by atoms with van der Waals surface area (Å²) in [5, 5.41) is 19.7. The maximum Gasteiger partial charge on any atom is 0.316 e. The molecule has 1 aliphatic heterocycles. The van der Waals surface area contributed by atoms with Crippen LogP contribution in [-0.2, 0) is 14.3 Å². The smallest absolute Gasteiger partial charge is 0.316 e. The normalized spacial score (nSPS) is 19.3. The lowest BCUT2D eigenvalue weighted by atomic mass is 9.69. The Labute approximate surface area is 227 Å². The lowest BCUT2D eigenvalue weighted by Gasteiger charge is -2.42. The van der Waals surface area contributed by atoms with Gasteiger partial charge in [-0.1, -0.05) is 66.2 Å². The summed E-state index contributed by atoms with van der Waals surface area (Å²) < 4.78 is 5.51. The van der Waals surface area contributed by atoms with E-state index in [0.29, 0.717) is 55.8 Å². The molecule has 1 atom stereocenters. The molecule has 12 heteroatoms. The molecule has 1 aliphatic carbocycles. The number of carbonyl (C=O) groups excluding carboxylic acids is 2. The molecular formula is C24H23Cl2N5O3S2. The van der Waals surface area contributed by atoms with Gasteiger partial charge in [0.05, 0.1) is 40.0 Å². The average Bonchev–Trinajstić information content (AvgIpc) is 3.26. The highest BCUT2D eigenvalue weighted by atomic mass is 35.5. The maximum atomic E-state index is 13.6. The predicted molar refractivity (Wildman–Crippen MR) is 141 cm³/mol. The number of anilines is 1. The Morgan fingerprint density at radius 3 is 2.75 bits per heavy atom. The molecule has 0 fully saturated rings. The number of esters is 1. The number of hydrogen-bond donors (Lipinski definition) is 1. The summed E-state index contributed by atoms with van der Waals surface area (Å²) >= 11 is 14.8. The van der Waals surface area contributed by atoms with Crippen LogP contribution in [0.5, 0.6) is 0 Å². The van der Waals surface area contributed by atoms with Crippen LogP contribution in [0.4, 0.5) is 5.13 Å². The number of aromatic nitrogens is 2.